The second-order valence-corrected chi connectivity index (χ2v) is 6.00. The summed E-state index contributed by atoms with van der Waals surface area (Å²) in [5, 5.41) is 3.39. The lowest BCUT2D eigenvalue weighted by atomic mass is 10.0. The highest BCUT2D eigenvalue weighted by Crippen LogP contribution is 2.30. The van der Waals surface area contributed by atoms with E-state index >= 15 is 0 Å². The molecule has 23 heavy (non-hydrogen) atoms. The molecule has 0 saturated carbocycles. The number of nitrogens with one attached hydrogen (secondary N) is 1. The molecule has 1 aromatic rings. The van der Waals surface area contributed by atoms with Crippen molar-refractivity contribution in [3.8, 4) is 5.75 Å². The zero-order chi connectivity index (χ0) is 16.5. The fourth-order valence-corrected chi connectivity index (χ4v) is 3.14. The number of methoxy groups -OCH3 is 1. The van der Waals surface area contributed by atoms with Crippen LogP contribution < -0.4 is 15.8 Å². The molecule has 128 valence electrons. The highest BCUT2D eigenvalue weighted by Gasteiger charge is 2.29. The first-order valence-electron chi connectivity index (χ1n) is 8.61. The van der Waals surface area contributed by atoms with E-state index in [9.17, 15) is 4.79 Å². The van der Waals surface area contributed by atoms with Gasteiger partial charge in [-0.25, -0.2) is 0 Å². The van der Waals surface area contributed by atoms with Crippen LogP contribution in [0.1, 0.15) is 43.7 Å². The molecule has 0 aliphatic carbocycles. The number of amides is 1. The summed E-state index contributed by atoms with van der Waals surface area (Å²) in [6, 6.07) is 8.03. The normalized spacial score (nSPS) is 18.0. The third-order valence-corrected chi connectivity index (χ3v) is 4.41. The Bertz CT molecular complexity index is 493. The maximum absolute atomic E-state index is 12.6. The van der Waals surface area contributed by atoms with Crippen molar-refractivity contribution >= 4 is 5.91 Å². The van der Waals surface area contributed by atoms with Crippen LogP contribution in [0.2, 0.25) is 0 Å². The third kappa shape index (κ3) is 4.94. The van der Waals surface area contributed by atoms with E-state index in [4.69, 9.17) is 10.5 Å². The number of unbranched alkanes of at least 4 members (excludes halogenated alkanes) is 3. The standard InChI is InChI=1S/C18H29N3O2/c1-23-17-9-6-5-8-15(17)16-14-20-12-13-21(16)18(22)10-4-2-3-7-11-19/h5-6,8-9,16,20H,2-4,7,10-14,19H2,1H3. The second-order valence-electron chi connectivity index (χ2n) is 6.00. The van der Waals surface area contributed by atoms with Crippen molar-refractivity contribution in [3.63, 3.8) is 0 Å². The van der Waals surface area contributed by atoms with Gasteiger partial charge in [0, 0.05) is 31.6 Å². The van der Waals surface area contributed by atoms with Crippen LogP contribution in [0.15, 0.2) is 24.3 Å². The molecule has 0 radical (unpaired) electrons. The van der Waals surface area contributed by atoms with E-state index < -0.39 is 0 Å². The van der Waals surface area contributed by atoms with Gasteiger partial charge in [-0.15, -0.1) is 0 Å². The number of hydrogen-bond donors (Lipinski definition) is 2. The molecule has 1 atom stereocenters. The quantitative estimate of drug-likeness (QED) is 0.720. The van der Waals surface area contributed by atoms with Gasteiger partial charge in [0.2, 0.25) is 5.91 Å². The number of hydrogen-bond acceptors (Lipinski definition) is 4. The van der Waals surface area contributed by atoms with Crippen molar-refractivity contribution in [1.29, 1.82) is 0 Å². The second kappa shape index (κ2) is 9.53. The number of rotatable bonds is 8. The van der Waals surface area contributed by atoms with Crippen LogP contribution in [0, 0.1) is 0 Å². The van der Waals surface area contributed by atoms with Gasteiger partial charge in [-0.05, 0) is 25.5 Å². The van der Waals surface area contributed by atoms with Crippen molar-refractivity contribution < 1.29 is 9.53 Å². The number of para-hydroxylation sites is 1. The summed E-state index contributed by atoms with van der Waals surface area (Å²) in [5.41, 5.74) is 6.59. The van der Waals surface area contributed by atoms with E-state index in [0.717, 1.165) is 63.2 Å². The number of nitrogens with zero attached hydrogens (tertiary/aromatic N) is 1. The maximum atomic E-state index is 12.6. The van der Waals surface area contributed by atoms with Crippen LogP contribution in [0.3, 0.4) is 0 Å². The molecule has 1 aliphatic rings. The highest BCUT2D eigenvalue weighted by atomic mass is 16.5. The first-order valence-corrected chi connectivity index (χ1v) is 8.61. The van der Waals surface area contributed by atoms with E-state index in [-0.39, 0.29) is 11.9 Å². The van der Waals surface area contributed by atoms with Gasteiger partial charge in [0.15, 0.2) is 0 Å². The number of nitrogens with two attached hydrogens (primary N) is 1. The number of benzene rings is 1. The van der Waals surface area contributed by atoms with Gasteiger partial charge in [-0.1, -0.05) is 31.0 Å². The summed E-state index contributed by atoms with van der Waals surface area (Å²) < 4.78 is 5.47. The maximum Gasteiger partial charge on any atom is 0.223 e. The number of piperazine rings is 1. The predicted molar refractivity (Wildman–Crippen MR) is 92.5 cm³/mol. The van der Waals surface area contributed by atoms with Crippen LogP contribution in [0.4, 0.5) is 0 Å². The Labute approximate surface area is 139 Å². The van der Waals surface area contributed by atoms with Crippen LogP contribution >= 0.6 is 0 Å². The average molecular weight is 319 g/mol. The molecule has 0 aromatic heterocycles. The predicted octanol–water partition coefficient (Wildman–Crippen LogP) is 2.08. The Morgan fingerprint density at radius 3 is 2.87 bits per heavy atom. The molecule has 1 heterocycles. The minimum absolute atomic E-state index is 0.0523. The monoisotopic (exact) mass is 319 g/mol. The Balaban J connectivity index is 1.99. The lowest BCUT2D eigenvalue weighted by Gasteiger charge is -2.37. The van der Waals surface area contributed by atoms with E-state index in [1.807, 2.05) is 23.1 Å². The zero-order valence-corrected chi connectivity index (χ0v) is 14.1. The highest BCUT2D eigenvalue weighted by molar-refractivity contribution is 5.77. The van der Waals surface area contributed by atoms with Gasteiger partial charge in [0.1, 0.15) is 5.75 Å². The van der Waals surface area contributed by atoms with Crippen LogP contribution in [0.25, 0.3) is 0 Å². The molecule has 2 rings (SSSR count). The Hall–Kier alpha value is -1.59. The molecule has 1 unspecified atom stereocenters. The summed E-state index contributed by atoms with van der Waals surface area (Å²) in [7, 11) is 1.68. The molecule has 1 saturated heterocycles. The SMILES string of the molecule is COc1ccccc1C1CNCCN1C(=O)CCCCCCN. The van der Waals surface area contributed by atoms with Gasteiger partial charge in [0.25, 0.3) is 0 Å². The Kier molecular flexibility index (Phi) is 7.36. The topological polar surface area (TPSA) is 67.6 Å². The lowest BCUT2D eigenvalue weighted by Crippen LogP contribution is -2.48. The molecule has 1 amide bonds. The molecule has 3 N–H and O–H groups in total. The molecule has 0 bridgehead atoms. The lowest BCUT2D eigenvalue weighted by molar-refractivity contribution is -0.134. The summed E-state index contributed by atoms with van der Waals surface area (Å²) in [6.07, 6.45) is 4.80. The van der Waals surface area contributed by atoms with E-state index in [1.165, 1.54) is 0 Å². The summed E-state index contributed by atoms with van der Waals surface area (Å²) in [4.78, 5) is 14.7. The third-order valence-electron chi connectivity index (χ3n) is 4.41. The van der Waals surface area contributed by atoms with Gasteiger partial charge >= 0.3 is 0 Å². The summed E-state index contributed by atoms with van der Waals surface area (Å²) in [5.74, 6) is 1.09. The minimum atomic E-state index is 0.0523. The largest absolute Gasteiger partial charge is 0.496 e. The zero-order valence-electron chi connectivity index (χ0n) is 14.1. The van der Waals surface area contributed by atoms with E-state index in [2.05, 4.69) is 11.4 Å². The van der Waals surface area contributed by atoms with Crippen molar-refractivity contribution in [1.82, 2.24) is 10.2 Å². The summed E-state index contributed by atoms with van der Waals surface area (Å²) >= 11 is 0. The van der Waals surface area contributed by atoms with Crippen molar-refractivity contribution in [2.75, 3.05) is 33.3 Å². The fraction of sp³-hybridized carbons (Fsp3) is 0.611. The van der Waals surface area contributed by atoms with Crippen LogP contribution in [-0.2, 0) is 4.79 Å². The summed E-state index contributed by atoms with van der Waals surface area (Å²) in [6.45, 7) is 3.12. The van der Waals surface area contributed by atoms with E-state index in [0.29, 0.717) is 6.42 Å². The van der Waals surface area contributed by atoms with Crippen molar-refractivity contribution in [2.45, 2.75) is 38.1 Å². The average Bonchev–Trinajstić information content (AvgIpc) is 2.61. The molecule has 0 spiro atoms. The first kappa shape index (κ1) is 17.8. The van der Waals surface area contributed by atoms with Crippen LogP contribution in [-0.4, -0.2) is 44.1 Å². The molecule has 5 nitrogen and oxygen atoms in total. The molecule has 1 aliphatic heterocycles. The van der Waals surface area contributed by atoms with Gasteiger partial charge in [-0.2, -0.15) is 0 Å². The molecule has 1 fully saturated rings. The minimum Gasteiger partial charge on any atom is -0.496 e. The van der Waals surface area contributed by atoms with Crippen molar-refractivity contribution in [3.05, 3.63) is 29.8 Å². The fourth-order valence-electron chi connectivity index (χ4n) is 3.14. The smallest absolute Gasteiger partial charge is 0.223 e. The van der Waals surface area contributed by atoms with Gasteiger partial charge < -0.3 is 20.7 Å². The Morgan fingerprint density at radius 1 is 1.30 bits per heavy atom. The molecule has 5 heteroatoms. The van der Waals surface area contributed by atoms with E-state index in [1.54, 1.807) is 7.11 Å². The molecular formula is C18H29N3O2. The van der Waals surface area contributed by atoms with Crippen LogP contribution in [0.5, 0.6) is 5.75 Å². The number of ether oxygens (including phenoxy) is 1. The van der Waals surface area contributed by atoms with Gasteiger partial charge in [0.05, 0.1) is 13.2 Å². The van der Waals surface area contributed by atoms with Crippen molar-refractivity contribution in [2.24, 2.45) is 5.73 Å². The molecule has 1 aromatic carbocycles. The number of carbonyl (C=O) groups is 1. The molecular weight excluding hydrogens is 290 g/mol. The van der Waals surface area contributed by atoms with Gasteiger partial charge in [-0.3, -0.25) is 4.79 Å². The Morgan fingerprint density at radius 2 is 2.09 bits per heavy atom. The number of carbonyl (C=O) groups excluding carboxylic acids is 1. The first-order chi connectivity index (χ1) is 11.3.